The summed E-state index contributed by atoms with van der Waals surface area (Å²) < 4.78 is 1.16. The van der Waals surface area contributed by atoms with Crippen molar-refractivity contribution in [2.45, 2.75) is 44.7 Å². The topological polar surface area (TPSA) is 12.0 Å². The first-order valence-electron chi connectivity index (χ1n) is 5.74. The molecule has 2 rings (SSSR count). The van der Waals surface area contributed by atoms with Crippen molar-refractivity contribution >= 4 is 15.9 Å². The molecule has 1 fully saturated rings. The van der Waals surface area contributed by atoms with E-state index in [2.05, 4.69) is 52.4 Å². The smallest absolute Gasteiger partial charge is 0.0175 e. The fraction of sp³-hybridized carbons (Fsp3) is 0.538. The van der Waals surface area contributed by atoms with Crippen molar-refractivity contribution in [3.63, 3.8) is 0 Å². The lowest BCUT2D eigenvalue weighted by atomic mass is 9.92. The molecular weight excluding hydrogens is 250 g/mol. The van der Waals surface area contributed by atoms with E-state index in [0.29, 0.717) is 6.04 Å². The van der Waals surface area contributed by atoms with Crippen LogP contribution >= 0.6 is 15.9 Å². The molecule has 1 aliphatic carbocycles. The van der Waals surface area contributed by atoms with Gasteiger partial charge in [0.1, 0.15) is 0 Å². The molecule has 1 nitrogen and oxygen atoms in total. The number of rotatable bonds is 4. The lowest BCUT2D eigenvalue weighted by Gasteiger charge is -2.30. The van der Waals surface area contributed by atoms with Crippen LogP contribution in [0.2, 0.25) is 0 Å². The minimum absolute atomic E-state index is 0.594. The van der Waals surface area contributed by atoms with Crippen molar-refractivity contribution < 1.29 is 0 Å². The molecule has 0 radical (unpaired) electrons. The van der Waals surface area contributed by atoms with Crippen LogP contribution in [0.25, 0.3) is 0 Å². The standard InChI is InChI=1S/C13H18BrN/c1-10(15-13-3-2-4-13)9-11-5-7-12(14)8-6-11/h5-8,10,13,15H,2-4,9H2,1H3. The average Bonchev–Trinajstić information content (AvgIpc) is 2.16. The second kappa shape index (κ2) is 5.13. The summed E-state index contributed by atoms with van der Waals surface area (Å²) in [5.41, 5.74) is 1.41. The third-order valence-electron chi connectivity index (χ3n) is 3.08. The zero-order valence-corrected chi connectivity index (χ0v) is 10.8. The maximum atomic E-state index is 3.67. The minimum atomic E-state index is 0.594. The highest BCUT2D eigenvalue weighted by molar-refractivity contribution is 9.10. The van der Waals surface area contributed by atoms with Crippen LogP contribution < -0.4 is 5.32 Å². The molecule has 0 amide bonds. The van der Waals surface area contributed by atoms with E-state index in [9.17, 15) is 0 Å². The van der Waals surface area contributed by atoms with E-state index in [1.54, 1.807) is 0 Å². The number of hydrogen-bond donors (Lipinski definition) is 1. The van der Waals surface area contributed by atoms with Crippen LogP contribution in [0.5, 0.6) is 0 Å². The van der Waals surface area contributed by atoms with Gasteiger partial charge in [-0.3, -0.25) is 0 Å². The van der Waals surface area contributed by atoms with Crippen LogP contribution in [0, 0.1) is 0 Å². The van der Waals surface area contributed by atoms with Crippen LogP contribution in [0.3, 0.4) is 0 Å². The molecule has 0 heterocycles. The van der Waals surface area contributed by atoms with Gasteiger partial charge >= 0.3 is 0 Å². The van der Waals surface area contributed by atoms with Crippen molar-refractivity contribution in [3.8, 4) is 0 Å². The summed E-state index contributed by atoms with van der Waals surface area (Å²) in [4.78, 5) is 0. The van der Waals surface area contributed by atoms with Gasteiger partial charge in [-0.15, -0.1) is 0 Å². The van der Waals surface area contributed by atoms with Gasteiger partial charge in [0.25, 0.3) is 0 Å². The highest BCUT2D eigenvalue weighted by Crippen LogP contribution is 2.19. The Morgan fingerprint density at radius 2 is 2.00 bits per heavy atom. The number of hydrogen-bond acceptors (Lipinski definition) is 1. The Bertz CT molecular complexity index is 303. The first-order valence-corrected chi connectivity index (χ1v) is 6.54. The second-order valence-electron chi connectivity index (χ2n) is 4.53. The second-order valence-corrected chi connectivity index (χ2v) is 5.44. The molecule has 1 aliphatic rings. The molecule has 1 aromatic rings. The van der Waals surface area contributed by atoms with E-state index < -0.39 is 0 Å². The van der Waals surface area contributed by atoms with Gasteiger partial charge in [0, 0.05) is 16.6 Å². The molecule has 1 saturated carbocycles. The highest BCUT2D eigenvalue weighted by atomic mass is 79.9. The van der Waals surface area contributed by atoms with E-state index in [-0.39, 0.29) is 0 Å². The number of nitrogens with one attached hydrogen (secondary N) is 1. The zero-order valence-electron chi connectivity index (χ0n) is 9.17. The Balaban J connectivity index is 1.82. The molecule has 2 heteroatoms. The van der Waals surface area contributed by atoms with Gasteiger partial charge in [-0.05, 0) is 43.9 Å². The van der Waals surface area contributed by atoms with E-state index in [1.165, 1.54) is 24.8 Å². The summed E-state index contributed by atoms with van der Waals surface area (Å²) in [5.74, 6) is 0. The van der Waals surface area contributed by atoms with Gasteiger partial charge in [0.05, 0.1) is 0 Å². The maximum Gasteiger partial charge on any atom is 0.0175 e. The lowest BCUT2D eigenvalue weighted by molar-refractivity contribution is 0.310. The SMILES string of the molecule is CC(Cc1ccc(Br)cc1)NC1CCC1. The molecule has 82 valence electrons. The average molecular weight is 268 g/mol. The van der Waals surface area contributed by atoms with Crippen LogP contribution in [-0.4, -0.2) is 12.1 Å². The maximum absolute atomic E-state index is 3.67. The van der Waals surface area contributed by atoms with Gasteiger partial charge in [0.2, 0.25) is 0 Å². The minimum Gasteiger partial charge on any atom is -0.311 e. The van der Waals surface area contributed by atoms with Gasteiger partial charge in [-0.2, -0.15) is 0 Å². The summed E-state index contributed by atoms with van der Waals surface area (Å²) >= 11 is 3.46. The Morgan fingerprint density at radius 3 is 2.53 bits per heavy atom. The lowest BCUT2D eigenvalue weighted by Crippen LogP contribution is -2.41. The summed E-state index contributed by atoms with van der Waals surface area (Å²) in [6.45, 7) is 2.28. The van der Waals surface area contributed by atoms with E-state index >= 15 is 0 Å². The van der Waals surface area contributed by atoms with Gasteiger partial charge in [-0.1, -0.05) is 34.5 Å². The highest BCUT2D eigenvalue weighted by Gasteiger charge is 2.18. The number of benzene rings is 1. The molecule has 1 aromatic carbocycles. The third-order valence-corrected chi connectivity index (χ3v) is 3.61. The van der Waals surface area contributed by atoms with Crippen molar-refractivity contribution in [1.29, 1.82) is 0 Å². The molecule has 0 bridgehead atoms. The Morgan fingerprint density at radius 1 is 1.33 bits per heavy atom. The zero-order chi connectivity index (χ0) is 10.7. The normalized spacial score (nSPS) is 18.5. The van der Waals surface area contributed by atoms with Crippen molar-refractivity contribution in [3.05, 3.63) is 34.3 Å². The number of halogens is 1. The Hall–Kier alpha value is -0.340. The summed E-state index contributed by atoms with van der Waals surface area (Å²) in [5, 5.41) is 3.67. The van der Waals surface area contributed by atoms with Crippen LogP contribution in [0.15, 0.2) is 28.7 Å². The van der Waals surface area contributed by atoms with E-state index in [4.69, 9.17) is 0 Å². The first-order chi connectivity index (χ1) is 7.24. The molecule has 0 saturated heterocycles. The largest absolute Gasteiger partial charge is 0.311 e. The molecule has 0 aliphatic heterocycles. The predicted octanol–water partition coefficient (Wildman–Crippen LogP) is 3.52. The molecule has 15 heavy (non-hydrogen) atoms. The quantitative estimate of drug-likeness (QED) is 0.881. The monoisotopic (exact) mass is 267 g/mol. The molecule has 0 spiro atoms. The summed E-state index contributed by atoms with van der Waals surface area (Å²) in [7, 11) is 0. The summed E-state index contributed by atoms with van der Waals surface area (Å²) in [6, 6.07) is 10.0. The van der Waals surface area contributed by atoms with Gasteiger partial charge < -0.3 is 5.32 Å². The molecular formula is C13H18BrN. The van der Waals surface area contributed by atoms with Crippen molar-refractivity contribution in [2.75, 3.05) is 0 Å². The van der Waals surface area contributed by atoms with Crippen LogP contribution in [0.1, 0.15) is 31.7 Å². The van der Waals surface area contributed by atoms with Crippen LogP contribution in [0.4, 0.5) is 0 Å². The molecule has 0 aromatic heterocycles. The van der Waals surface area contributed by atoms with Crippen molar-refractivity contribution in [1.82, 2.24) is 5.32 Å². The van der Waals surface area contributed by atoms with Crippen molar-refractivity contribution in [2.24, 2.45) is 0 Å². The summed E-state index contributed by atoms with van der Waals surface area (Å²) in [6.07, 6.45) is 5.27. The Labute approximate surface area is 100 Å². The molecule has 1 N–H and O–H groups in total. The fourth-order valence-electron chi connectivity index (χ4n) is 2.01. The van der Waals surface area contributed by atoms with Crippen LogP contribution in [-0.2, 0) is 6.42 Å². The van der Waals surface area contributed by atoms with E-state index in [0.717, 1.165) is 16.9 Å². The molecule has 1 atom stereocenters. The Kier molecular flexibility index (Phi) is 3.81. The van der Waals surface area contributed by atoms with E-state index in [1.807, 2.05) is 0 Å². The predicted molar refractivity (Wildman–Crippen MR) is 68.1 cm³/mol. The molecule has 1 unspecified atom stereocenters. The fourth-order valence-corrected chi connectivity index (χ4v) is 2.27. The van der Waals surface area contributed by atoms with Gasteiger partial charge in [-0.25, -0.2) is 0 Å². The third kappa shape index (κ3) is 3.32. The van der Waals surface area contributed by atoms with Gasteiger partial charge in [0.15, 0.2) is 0 Å². The first kappa shape index (κ1) is 11.2.